The molecule has 7 heteroatoms. The van der Waals surface area contributed by atoms with Gasteiger partial charge in [-0.1, -0.05) is 25.5 Å². The molecule has 3 heterocycles. The predicted octanol–water partition coefficient (Wildman–Crippen LogP) is 3.24. The third-order valence-electron chi connectivity index (χ3n) is 6.47. The van der Waals surface area contributed by atoms with Crippen LogP contribution in [0.1, 0.15) is 37.6 Å². The molecule has 1 aliphatic heterocycles. The standard InChI is InChI=1S/C22H27N5O2/c1-22(7-4-8-22)16-6-5-15-11-23-27(18(15)9-16)21-10-20(24-19(25-21)14-28-2)26-12-17(13-26)29-3/h5-6,9-11,17H,4,7-8,12-14H2,1-3H3. The molecule has 1 aromatic carbocycles. The molecule has 1 saturated heterocycles. The van der Waals surface area contributed by atoms with Gasteiger partial charge in [0.15, 0.2) is 11.6 Å². The van der Waals surface area contributed by atoms with E-state index in [0.29, 0.717) is 12.4 Å². The van der Waals surface area contributed by atoms with E-state index in [4.69, 9.17) is 14.5 Å². The minimum atomic E-state index is 0.260. The van der Waals surface area contributed by atoms with Gasteiger partial charge >= 0.3 is 0 Å². The molecule has 5 rings (SSSR count). The molecule has 0 N–H and O–H groups in total. The first kappa shape index (κ1) is 18.5. The van der Waals surface area contributed by atoms with Crippen molar-refractivity contribution in [3.63, 3.8) is 0 Å². The van der Waals surface area contributed by atoms with Crippen molar-refractivity contribution in [3.05, 3.63) is 41.9 Å². The van der Waals surface area contributed by atoms with Crippen LogP contribution in [0.3, 0.4) is 0 Å². The molecule has 0 amide bonds. The fourth-order valence-corrected chi connectivity index (χ4v) is 4.28. The van der Waals surface area contributed by atoms with Crippen molar-refractivity contribution in [2.75, 3.05) is 32.2 Å². The second-order valence-electron chi connectivity index (χ2n) is 8.44. The number of anilines is 1. The van der Waals surface area contributed by atoms with Crippen molar-refractivity contribution >= 4 is 16.7 Å². The Bertz CT molecular complexity index is 1040. The number of nitrogens with zero attached hydrogens (tertiary/aromatic N) is 5. The molecule has 0 atom stereocenters. The van der Waals surface area contributed by atoms with Gasteiger partial charge in [0.25, 0.3) is 0 Å². The van der Waals surface area contributed by atoms with E-state index >= 15 is 0 Å². The summed E-state index contributed by atoms with van der Waals surface area (Å²) in [5.74, 6) is 2.32. The number of fused-ring (bicyclic) bond motifs is 1. The van der Waals surface area contributed by atoms with Gasteiger partial charge in [-0.2, -0.15) is 5.10 Å². The lowest BCUT2D eigenvalue weighted by molar-refractivity contribution is 0.0782. The summed E-state index contributed by atoms with van der Waals surface area (Å²) in [7, 11) is 3.41. The monoisotopic (exact) mass is 393 g/mol. The van der Waals surface area contributed by atoms with Crippen LogP contribution in [0, 0.1) is 0 Å². The fourth-order valence-electron chi connectivity index (χ4n) is 4.28. The van der Waals surface area contributed by atoms with Crippen LogP contribution in [0.15, 0.2) is 30.5 Å². The topological polar surface area (TPSA) is 65.3 Å². The Hall–Kier alpha value is -2.51. The van der Waals surface area contributed by atoms with Gasteiger partial charge in [0, 0.05) is 38.8 Å². The summed E-state index contributed by atoms with van der Waals surface area (Å²) in [4.78, 5) is 11.6. The van der Waals surface area contributed by atoms with E-state index in [1.165, 1.54) is 24.8 Å². The zero-order valence-corrected chi connectivity index (χ0v) is 17.3. The van der Waals surface area contributed by atoms with E-state index in [9.17, 15) is 0 Å². The average Bonchev–Trinajstić information content (AvgIpc) is 3.09. The minimum Gasteiger partial charge on any atom is -0.378 e. The molecule has 3 aromatic rings. The molecule has 2 fully saturated rings. The number of hydrogen-bond donors (Lipinski definition) is 0. The highest BCUT2D eigenvalue weighted by Crippen LogP contribution is 2.43. The van der Waals surface area contributed by atoms with Crippen LogP contribution in [-0.2, 0) is 21.5 Å². The molecule has 152 valence electrons. The summed E-state index contributed by atoms with van der Waals surface area (Å²) in [6.07, 6.45) is 5.97. The van der Waals surface area contributed by atoms with Crippen molar-refractivity contribution in [2.24, 2.45) is 0 Å². The Morgan fingerprint density at radius 1 is 1.10 bits per heavy atom. The van der Waals surface area contributed by atoms with E-state index in [0.717, 1.165) is 35.6 Å². The smallest absolute Gasteiger partial charge is 0.159 e. The fraction of sp³-hybridized carbons (Fsp3) is 0.500. The summed E-state index contributed by atoms with van der Waals surface area (Å²) in [6.45, 7) is 4.39. The van der Waals surface area contributed by atoms with Crippen LogP contribution in [0.4, 0.5) is 5.82 Å². The second-order valence-corrected chi connectivity index (χ2v) is 8.44. The van der Waals surface area contributed by atoms with Crippen LogP contribution in [0.5, 0.6) is 0 Å². The highest BCUT2D eigenvalue weighted by Gasteiger charge is 2.34. The summed E-state index contributed by atoms with van der Waals surface area (Å²) in [5, 5.41) is 5.77. The van der Waals surface area contributed by atoms with E-state index < -0.39 is 0 Å². The zero-order valence-electron chi connectivity index (χ0n) is 17.3. The van der Waals surface area contributed by atoms with Gasteiger partial charge in [-0.25, -0.2) is 14.6 Å². The molecular formula is C22H27N5O2. The lowest BCUT2D eigenvalue weighted by atomic mass is 9.66. The first-order valence-electron chi connectivity index (χ1n) is 10.2. The van der Waals surface area contributed by atoms with Crippen LogP contribution >= 0.6 is 0 Å². The van der Waals surface area contributed by atoms with Gasteiger partial charge in [0.1, 0.15) is 12.4 Å². The second kappa shape index (κ2) is 7.07. The first-order valence-corrected chi connectivity index (χ1v) is 10.2. The van der Waals surface area contributed by atoms with E-state index in [1.807, 2.05) is 16.9 Å². The quantitative estimate of drug-likeness (QED) is 0.641. The van der Waals surface area contributed by atoms with Gasteiger partial charge in [-0.05, 0) is 29.9 Å². The summed E-state index contributed by atoms with van der Waals surface area (Å²) >= 11 is 0. The number of methoxy groups -OCH3 is 2. The summed E-state index contributed by atoms with van der Waals surface area (Å²) in [6, 6.07) is 8.72. The maximum atomic E-state index is 5.41. The lowest BCUT2D eigenvalue weighted by Gasteiger charge is -2.39. The lowest BCUT2D eigenvalue weighted by Crippen LogP contribution is -2.52. The number of hydrogen-bond acceptors (Lipinski definition) is 6. The van der Waals surface area contributed by atoms with Gasteiger partial charge in [-0.3, -0.25) is 0 Å². The van der Waals surface area contributed by atoms with Crippen LogP contribution in [-0.4, -0.2) is 53.2 Å². The molecule has 1 aliphatic carbocycles. The molecule has 7 nitrogen and oxygen atoms in total. The van der Waals surface area contributed by atoms with Crippen molar-refractivity contribution < 1.29 is 9.47 Å². The van der Waals surface area contributed by atoms with Gasteiger partial charge in [0.05, 0.1) is 17.8 Å². The van der Waals surface area contributed by atoms with E-state index in [2.05, 4.69) is 40.1 Å². The van der Waals surface area contributed by atoms with Crippen molar-refractivity contribution in [1.82, 2.24) is 19.7 Å². The molecule has 0 radical (unpaired) electrons. The molecule has 1 saturated carbocycles. The number of aromatic nitrogens is 4. The summed E-state index contributed by atoms with van der Waals surface area (Å²) in [5.41, 5.74) is 2.76. The van der Waals surface area contributed by atoms with Crippen molar-refractivity contribution in [3.8, 4) is 5.82 Å². The highest BCUT2D eigenvalue weighted by molar-refractivity contribution is 5.81. The minimum absolute atomic E-state index is 0.260. The first-order chi connectivity index (χ1) is 14.1. The number of rotatable bonds is 6. The molecule has 0 spiro atoms. The molecule has 2 aliphatic rings. The SMILES string of the molecule is COCc1nc(N2CC(OC)C2)cc(-n2ncc3ccc(C4(C)CCC4)cc32)n1. The Kier molecular flexibility index (Phi) is 4.52. The van der Waals surface area contributed by atoms with Crippen molar-refractivity contribution in [2.45, 2.75) is 44.3 Å². The Morgan fingerprint density at radius 2 is 1.90 bits per heavy atom. The average molecular weight is 393 g/mol. The Balaban J connectivity index is 1.56. The number of ether oxygens (including phenoxy) is 2. The maximum absolute atomic E-state index is 5.41. The molecule has 0 unspecified atom stereocenters. The van der Waals surface area contributed by atoms with E-state index in [-0.39, 0.29) is 11.5 Å². The highest BCUT2D eigenvalue weighted by atomic mass is 16.5. The van der Waals surface area contributed by atoms with Gasteiger partial charge in [0.2, 0.25) is 0 Å². The zero-order chi connectivity index (χ0) is 20.0. The third-order valence-corrected chi connectivity index (χ3v) is 6.47. The maximum Gasteiger partial charge on any atom is 0.159 e. The number of benzene rings is 1. The summed E-state index contributed by atoms with van der Waals surface area (Å²) < 4.78 is 12.6. The molecule has 0 bridgehead atoms. The van der Waals surface area contributed by atoms with Gasteiger partial charge < -0.3 is 14.4 Å². The van der Waals surface area contributed by atoms with Crippen LogP contribution in [0.25, 0.3) is 16.7 Å². The third kappa shape index (κ3) is 3.18. The van der Waals surface area contributed by atoms with Gasteiger partial charge in [-0.15, -0.1) is 0 Å². The molecule has 29 heavy (non-hydrogen) atoms. The van der Waals surface area contributed by atoms with Crippen LogP contribution in [0.2, 0.25) is 0 Å². The molecular weight excluding hydrogens is 366 g/mol. The molecule has 2 aromatic heterocycles. The largest absolute Gasteiger partial charge is 0.378 e. The van der Waals surface area contributed by atoms with Crippen LogP contribution < -0.4 is 4.90 Å². The van der Waals surface area contributed by atoms with Crippen molar-refractivity contribution in [1.29, 1.82) is 0 Å². The Morgan fingerprint density at radius 3 is 2.59 bits per heavy atom. The Labute approximate surface area is 170 Å². The normalized spacial score (nSPS) is 18.7. The van der Waals surface area contributed by atoms with E-state index in [1.54, 1.807) is 14.2 Å². The predicted molar refractivity (Wildman–Crippen MR) is 112 cm³/mol.